The number of hydrazine groups is 1. The van der Waals surface area contributed by atoms with Crippen molar-refractivity contribution in [2.45, 2.75) is 31.2 Å². The molecule has 1 saturated heterocycles. The van der Waals surface area contributed by atoms with E-state index in [2.05, 4.69) is 16.2 Å². The molecule has 2 rings (SSSR count). The van der Waals surface area contributed by atoms with Gasteiger partial charge in [0.2, 0.25) is 10.0 Å². The fourth-order valence-corrected chi connectivity index (χ4v) is 4.10. The molecule has 144 valence electrons. The van der Waals surface area contributed by atoms with Crippen molar-refractivity contribution in [3.8, 4) is 0 Å². The molecule has 1 aromatic rings. The van der Waals surface area contributed by atoms with Crippen LogP contribution in [-0.4, -0.2) is 55.6 Å². The lowest BCUT2D eigenvalue weighted by Crippen LogP contribution is -2.52. The lowest BCUT2D eigenvalue weighted by Gasteiger charge is -2.26. The average Bonchev–Trinajstić information content (AvgIpc) is 2.59. The molecule has 1 aliphatic heterocycles. The summed E-state index contributed by atoms with van der Waals surface area (Å²) in [7, 11) is -3.66. The summed E-state index contributed by atoms with van der Waals surface area (Å²) in [4.78, 5) is 12.4. The lowest BCUT2D eigenvalue weighted by molar-refractivity contribution is 0.0730. The SMILES string of the molecule is CC(C)(C)NC(=S)NNC(=O)c1cccc(S(=O)(=O)N2CCOCC2)c1. The first-order valence-electron chi connectivity index (χ1n) is 8.16. The second kappa shape index (κ2) is 8.30. The number of thiocarbonyl (C=S) groups is 1. The third kappa shape index (κ3) is 5.63. The summed E-state index contributed by atoms with van der Waals surface area (Å²) in [5.74, 6) is -0.484. The van der Waals surface area contributed by atoms with Crippen LogP contribution < -0.4 is 16.2 Å². The Balaban J connectivity index is 2.06. The quantitative estimate of drug-likeness (QED) is 0.505. The number of rotatable bonds is 3. The molecule has 1 aromatic carbocycles. The van der Waals surface area contributed by atoms with Gasteiger partial charge in [0.15, 0.2) is 5.11 Å². The van der Waals surface area contributed by atoms with Crippen molar-refractivity contribution < 1.29 is 17.9 Å². The number of nitrogens with one attached hydrogen (secondary N) is 3. The van der Waals surface area contributed by atoms with E-state index >= 15 is 0 Å². The molecular weight excluding hydrogens is 376 g/mol. The van der Waals surface area contributed by atoms with Gasteiger partial charge in [-0.3, -0.25) is 15.6 Å². The second-order valence-corrected chi connectivity index (χ2v) is 9.17. The van der Waals surface area contributed by atoms with Gasteiger partial charge in [0.1, 0.15) is 0 Å². The maximum Gasteiger partial charge on any atom is 0.269 e. The molecule has 8 nitrogen and oxygen atoms in total. The molecule has 0 atom stereocenters. The number of sulfonamides is 1. The number of nitrogens with zero attached hydrogens (tertiary/aromatic N) is 1. The zero-order valence-corrected chi connectivity index (χ0v) is 16.7. The highest BCUT2D eigenvalue weighted by molar-refractivity contribution is 7.89. The maximum absolute atomic E-state index is 12.7. The average molecular weight is 401 g/mol. The highest BCUT2D eigenvalue weighted by Crippen LogP contribution is 2.18. The van der Waals surface area contributed by atoms with Crippen molar-refractivity contribution >= 4 is 33.3 Å². The molecular formula is C16H24N4O4S2. The molecule has 0 radical (unpaired) electrons. The van der Waals surface area contributed by atoms with Crippen molar-refractivity contribution in [2.75, 3.05) is 26.3 Å². The number of ether oxygens (including phenoxy) is 1. The zero-order chi connectivity index (χ0) is 19.4. The third-order valence-electron chi connectivity index (χ3n) is 3.48. The van der Waals surface area contributed by atoms with Gasteiger partial charge in [-0.15, -0.1) is 0 Å². The zero-order valence-electron chi connectivity index (χ0n) is 15.0. The predicted octanol–water partition coefficient (Wildman–Crippen LogP) is 0.615. The predicted molar refractivity (Wildman–Crippen MR) is 102 cm³/mol. The summed E-state index contributed by atoms with van der Waals surface area (Å²) in [6.07, 6.45) is 0. The van der Waals surface area contributed by atoms with Crippen molar-refractivity contribution in [3.63, 3.8) is 0 Å². The van der Waals surface area contributed by atoms with Crippen LogP contribution in [-0.2, 0) is 14.8 Å². The minimum atomic E-state index is -3.66. The van der Waals surface area contributed by atoms with Gasteiger partial charge in [0.25, 0.3) is 5.91 Å². The Kier molecular flexibility index (Phi) is 6.56. The third-order valence-corrected chi connectivity index (χ3v) is 5.58. The van der Waals surface area contributed by atoms with E-state index in [0.29, 0.717) is 26.3 Å². The van der Waals surface area contributed by atoms with Crippen molar-refractivity contribution in [1.82, 2.24) is 20.5 Å². The summed E-state index contributed by atoms with van der Waals surface area (Å²) in [5, 5.41) is 3.26. The van der Waals surface area contributed by atoms with E-state index in [-0.39, 0.29) is 21.1 Å². The van der Waals surface area contributed by atoms with E-state index in [0.717, 1.165) is 0 Å². The Labute approximate surface area is 159 Å². The van der Waals surface area contributed by atoms with E-state index in [9.17, 15) is 13.2 Å². The molecule has 1 fully saturated rings. The number of carbonyl (C=O) groups excluding carboxylic acids is 1. The van der Waals surface area contributed by atoms with E-state index in [4.69, 9.17) is 17.0 Å². The largest absolute Gasteiger partial charge is 0.379 e. The van der Waals surface area contributed by atoms with E-state index < -0.39 is 15.9 Å². The lowest BCUT2D eigenvalue weighted by atomic mass is 10.1. The van der Waals surface area contributed by atoms with Gasteiger partial charge in [0.05, 0.1) is 18.1 Å². The van der Waals surface area contributed by atoms with Gasteiger partial charge in [-0.05, 0) is 51.2 Å². The van der Waals surface area contributed by atoms with Gasteiger partial charge in [-0.2, -0.15) is 4.31 Å². The molecule has 1 amide bonds. The van der Waals surface area contributed by atoms with E-state index in [1.54, 1.807) is 0 Å². The smallest absolute Gasteiger partial charge is 0.269 e. The first-order chi connectivity index (χ1) is 12.1. The monoisotopic (exact) mass is 400 g/mol. The standard InChI is InChI=1S/C16H24N4O4S2/c1-16(2,3)17-15(25)19-18-14(21)12-5-4-6-13(11-12)26(22,23)20-7-9-24-10-8-20/h4-6,11H,7-10H2,1-3H3,(H,18,21)(H2,17,19,25). The van der Waals surface area contributed by atoms with Gasteiger partial charge in [-0.1, -0.05) is 6.07 Å². The summed E-state index contributed by atoms with van der Waals surface area (Å²) < 4.78 is 31.9. The fraction of sp³-hybridized carbons (Fsp3) is 0.500. The first kappa shape index (κ1) is 20.6. The van der Waals surface area contributed by atoms with Crippen molar-refractivity contribution in [2.24, 2.45) is 0 Å². The van der Waals surface area contributed by atoms with Crippen LogP contribution in [0.5, 0.6) is 0 Å². The Morgan fingerprint density at radius 3 is 2.46 bits per heavy atom. The molecule has 1 heterocycles. The molecule has 1 aliphatic rings. The Hall–Kier alpha value is -1.75. The number of benzene rings is 1. The number of hydrogen-bond donors (Lipinski definition) is 3. The summed E-state index contributed by atoms with van der Waals surface area (Å²) >= 11 is 5.09. The van der Waals surface area contributed by atoms with Gasteiger partial charge >= 0.3 is 0 Å². The fourth-order valence-electron chi connectivity index (χ4n) is 2.29. The van der Waals surface area contributed by atoms with E-state index in [1.165, 1.54) is 28.6 Å². The molecule has 0 aliphatic carbocycles. The minimum Gasteiger partial charge on any atom is -0.379 e. The maximum atomic E-state index is 12.7. The number of amides is 1. The molecule has 0 aromatic heterocycles. The molecule has 3 N–H and O–H groups in total. The van der Waals surface area contributed by atoms with Crippen LogP contribution in [0.4, 0.5) is 0 Å². The van der Waals surface area contributed by atoms with Crippen LogP contribution in [0.15, 0.2) is 29.2 Å². The first-order valence-corrected chi connectivity index (χ1v) is 10.0. The molecule has 26 heavy (non-hydrogen) atoms. The molecule has 10 heteroatoms. The molecule has 0 unspecified atom stereocenters. The van der Waals surface area contributed by atoms with Gasteiger partial charge < -0.3 is 10.1 Å². The summed E-state index contributed by atoms with van der Waals surface area (Å²) in [5.41, 5.74) is 5.03. The van der Waals surface area contributed by atoms with Gasteiger partial charge in [0, 0.05) is 24.2 Å². The van der Waals surface area contributed by atoms with Crippen LogP contribution in [0.25, 0.3) is 0 Å². The van der Waals surface area contributed by atoms with Crippen LogP contribution in [0, 0.1) is 0 Å². The Morgan fingerprint density at radius 2 is 1.85 bits per heavy atom. The highest BCUT2D eigenvalue weighted by Gasteiger charge is 2.26. The Bertz CT molecular complexity index is 769. The van der Waals surface area contributed by atoms with Gasteiger partial charge in [-0.25, -0.2) is 8.42 Å². The van der Waals surface area contributed by atoms with Crippen molar-refractivity contribution in [3.05, 3.63) is 29.8 Å². The van der Waals surface area contributed by atoms with Crippen LogP contribution in [0.1, 0.15) is 31.1 Å². The Morgan fingerprint density at radius 1 is 1.19 bits per heavy atom. The van der Waals surface area contributed by atoms with E-state index in [1.807, 2.05) is 20.8 Å². The molecule has 0 bridgehead atoms. The number of carbonyl (C=O) groups is 1. The summed E-state index contributed by atoms with van der Waals surface area (Å²) in [6.45, 7) is 7.12. The number of hydrogen-bond acceptors (Lipinski definition) is 5. The van der Waals surface area contributed by atoms with Crippen LogP contribution in [0.2, 0.25) is 0 Å². The minimum absolute atomic E-state index is 0.0717. The summed E-state index contributed by atoms with van der Waals surface area (Å²) in [6, 6.07) is 5.90. The van der Waals surface area contributed by atoms with Crippen LogP contribution >= 0.6 is 12.2 Å². The highest BCUT2D eigenvalue weighted by atomic mass is 32.2. The molecule has 0 spiro atoms. The second-order valence-electron chi connectivity index (χ2n) is 6.83. The van der Waals surface area contributed by atoms with Crippen molar-refractivity contribution in [1.29, 1.82) is 0 Å². The number of morpholine rings is 1. The van der Waals surface area contributed by atoms with Crippen LogP contribution in [0.3, 0.4) is 0 Å². The molecule has 0 saturated carbocycles. The topological polar surface area (TPSA) is 99.8 Å². The normalized spacial score (nSPS) is 16.0.